The van der Waals surface area contributed by atoms with Gasteiger partial charge in [0.05, 0.1) is 11.2 Å². The molecule has 29 heavy (non-hydrogen) atoms. The van der Waals surface area contributed by atoms with E-state index in [9.17, 15) is 13.6 Å². The van der Waals surface area contributed by atoms with Crippen LogP contribution in [0.5, 0.6) is 0 Å². The molecule has 1 aliphatic rings. The lowest BCUT2D eigenvalue weighted by Crippen LogP contribution is -2.52. The van der Waals surface area contributed by atoms with Gasteiger partial charge in [0.1, 0.15) is 17.5 Å². The van der Waals surface area contributed by atoms with Gasteiger partial charge in [0.2, 0.25) is 0 Å². The van der Waals surface area contributed by atoms with Crippen LogP contribution in [0.25, 0.3) is 27.7 Å². The molecule has 1 fully saturated rings. The van der Waals surface area contributed by atoms with Gasteiger partial charge in [0.15, 0.2) is 11.5 Å². The van der Waals surface area contributed by atoms with Gasteiger partial charge >= 0.3 is 0 Å². The minimum absolute atomic E-state index is 0.0743. The number of halogens is 2. The highest BCUT2D eigenvalue weighted by Gasteiger charge is 2.17. The second kappa shape index (κ2) is 6.63. The van der Waals surface area contributed by atoms with Crippen molar-refractivity contribution in [3.05, 3.63) is 64.6 Å². The molecule has 0 aliphatic carbocycles. The van der Waals surface area contributed by atoms with Crippen molar-refractivity contribution >= 4 is 16.6 Å². The number of nitrogens with zero attached hydrogens (tertiary/aromatic N) is 5. The smallest absolute Gasteiger partial charge is 0.282 e. The van der Waals surface area contributed by atoms with E-state index < -0.39 is 17.2 Å². The molecule has 0 unspecified atom stereocenters. The number of hydrogen-bond donors (Lipinski definition) is 1. The van der Waals surface area contributed by atoms with E-state index in [0.29, 0.717) is 29.9 Å². The van der Waals surface area contributed by atoms with Gasteiger partial charge in [-0.3, -0.25) is 4.79 Å². The molecule has 4 heterocycles. The highest BCUT2D eigenvalue weighted by Crippen LogP contribution is 2.26. The van der Waals surface area contributed by atoms with Crippen molar-refractivity contribution in [3.63, 3.8) is 0 Å². The topological polar surface area (TPSA) is 67.5 Å². The van der Waals surface area contributed by atoms with E-state index in [1.165, 1.54) is 23.1 Å². The van der Waals surface area contributed by atoms with E-state index in [1.807, 2.05) is 5.01 Å². The Bertz CT molecular complexity index is 1310. The predicted molar refractivity (Wildman–Crippen MR) is 106 cm³/mol. The van der Waals surface area contributed by atoms with Gasteiger partial charge in [0.25, 0.3) is 5.56 Å². The summed E-state index contributed by atoms with van der Waals surface area (Å²) in [4.78, 5) is 21.3. The molecule has 0 amide bonds. The number of aryl methyl sites for hydroxylation is 1. The highest BCUT2D eigenvalue weighted by molar-refractivity contribution is 5.84. The number of piperazine rings is 1. The molecule has 0 bridgehead atoms. The number of hydrogen-bond acceptors (Lipinski definition) is 5. The van der Waals surface area contributed by atoms with Gasteiger partial charge in [-0.25, -0.2) is 23.4 Å². The first kappa shape index (κ1) is 17.7. The lowest BCUT2D eigenvalue weighted by Gasteiger charge is -2.30. The summed E-state index contributed by atoms with van der Waals surface area (Å²) in [5.74, 6) is -1.18. The zero-order valence-electron chi connectivity index (χ0n) is 15.7. The van der Waals surface area contributed by atoms with Gasteiger partial charge in [-0.1, -0.05) is 0 Å². The molecule has 148 valence electrons. The summed E-state index contributed by atoms with van der Waals surface area (Å²) in [5.41, 5.74) is 1.59. The van der Waals surface area contributed by atoms with Crippen LogP contribution >= 0.6 is 0 Å². The van der Waals surface area contributed by atoms with Crippen molar-refractivity contribution in [2.24, 2.45) is 0 Å². The third kappa shape index (κ3) is 2.94. The first-order valence-corrected chi connectivity index (χ1v) is 9.33. The predicted octanol–water partition coefficient (Wildman–Crippen LogP) is 1.84. The molecular formula is C20H18F2N6O. The summed E-state index contributed by atoms with van der Waals surface area (Å²) in [6, 6.07) is 4.16. The molecule has 1 saturated heterocycles. The van der Waals surface area contributed by atoms with Crippen LogP contribution in [0.4, 0.5) is 8.78 Å². The second-order valence-electron chi connectivity index (χ2n) is 7.14. The summed E-state index contributed by atoms with van der Waals surface area (Å²) in [5, 5.41) is 4.97. The average molecular weight is 396 g/mol. The van der Waals surface area contributed by atoms with E-state index in [0.717, 1.165) is 13.1 Å². The number of fused-ring (bicyclic) bond motifs is 2. The zero-order valence-corrected chi connectivity index (χ0v) is 15.7. The summed E-state index contributed by atoms with van der Waals surface area (Å²) >= 11 is 0. The Labute approximate surface area is 164 Å². The molecule has 0 radical (unpaired) electrons. The number of imidazole rings is 1. The van der Waals surface area contributed by atoms with Crippen molar-refractivity contribution in [1.29, 1.82) is 0 Å². The third-order valence-electron chi connectivity index (χ3n) is 5.16. The molecule has 0 saturated carbocycles. The Morgan fingerprint density at radius 1 is 1.03 bits per heavy atom. The zero-order chi connectivity index (χ0) is 20.1. The van der Waals surface area contributed by atoms with Crippen LogP contribution in [-0.2, 0) is 0 Å². The average Bonchev–Trinajstić information content (AvgIpc) is 3.09. The molecule has 5 rings (SSSR count). The molecule has 9 heteroatoms. The molecule has 0 spiro atoms. The van der Waals surface area contributed by atoms with Crippen LogP contribution in [0, 0.1) is 18.6 Å². The number of benzene rings is 1. The van der Waals surface area contributed by atoms with Crippen LogP contribution in [0.2, 0.25) is 0 Å². The molecule has 1 N–H and O–H groups in total. The van der Waals surface area contributed by atoms with Crippen molar-refractivity contribution in [2.75, 3.05) is 31.2 Å². The van der Waals surface area contributed by atoms with Crippen molar-refractivity contribution in [2.45, 2.75) is 6.92 Å². The van der Waals surface area contributed by atoms with E-state index in [-0.39, 0.29) is 16.6 Å². The lowest BCUT2D eigenvalue weighted by molar-refractivity contribution is 0.479. The van der Waals surface area contributed by atoms with E-state index in [2.05, 4.69) is 15.3 Å². The van der Waals surface area contributed by atoms with Gasteiger partial charge < -0.3 is 14.7 Å². The fourth-order valence-corrected chi connectivity index (χ4v) is 3.76. The summed E-state index contributed by atoms with van der Waals surface area (Å²) < 4.78 is 32.3. The third-order valence-corrected chi connectivity index (χ3v) is 5.16. The van der Waals surface area contributed by atoms with E-state index in [4.69, 9.17) is 0 Å². The number of aromatic nitrogens is 4. The SMILES string of the molecule is Cc1cn2cc(-c3cc(F)c4c(=O)n(N5CCNCC5)cnc4c3)cc(F)c2n1. The normalized spacial score (nSPS) is 14.8. The van der Waals surface area contributed by atoms with Crippen molar-refractivity contribution in [3.8, 4) is 11.1 Å². The van der Waals surface area contributed by atoms with Gasteiger partial charge in [-0.05, 0) is 30.7 Å². The Balaban J connectivity index is 1.64. The van der Waals surface area contributed by atoms with E-state index in [1.54, 1.807) is 29.8 Å². The first-order valence-electron chi connectivity index (χ1n) is 9.33. The summed E-state index contributed by atoms with van der Waals surface area (Å²) in [7, 11) is 0. The van der Waals surface area contributed by atoms with Crippen LogP contribution < -0.4 is 15.9 Å². The number of nitrogens with one attached hydrogen (secondary N) is 1. The molecule has 1 aliphatic heterocycles. The fourth-order valence-electron chi connectivity index (χ4n) is 3.76. The molecule has 0 atom stereocenters. The van der Waals surface area contributed by atoms with Crippen molar-refractivity contribution < 1.29 is 8.78 Å². The van der Waals surface area contributed by atoms with Crippen LogP contribution in [-0.4, -0.2) is 45.2 Å². The Morgan fingerprint density at radius 2 is 1.79 bits per heavy atom. The molecule has 4 aromatic rings. The first-order chi connectivity index (χ1) is 14.0. The minimum Gasteiger partial charge on any atom is -0.313 e. The quantitative estimate of drug-likeness (QED) is 0.560. The monoisotopic (exact) mass is 396 g/mol. The second-order valence-corrected chi connectivity index (χ2v) is 7.14. The Hall–Kier alpha value is -3.33. The standard InChI is InChI=1S/C20H18F2N6O/c1-12-9-26-10-14(7-16(22)19(26)25-12)13-6-15(21)18-17(8-13)24-11-28(20(18)29)27-4-2-23-3-5-27/h6-11,23H,2-5H2,1H3. The Morgan fingerprint density at radius 3 is 2.59 bits per heavy atom. The number of pyridine rings is 1. The highest BCUT2D eigenvalue weighted by atomic mass is 19.1. The van der Waals surface area contributed by atoms with Gasteiger partial charge in [-0.2, -0.15) is 0 Å². The van der Waals surface area contributed by atoms with Gasteiger partial charge in [-0.15, -0.1) is 0 Å². The number of rotatable bonds is 2. The van der Waals surface area contributed by atoms with E-state index >= 15 is 0 Å². The fraction of sp³-hybridized carbons (Fsp3) is 0.250. The molecule has 7 nitrogen and oxygen atoms in total. The largest absolute Gasteiger partial charge is 0.313 e. The lowest BCUT2D eigenvalue weighted by atomic mass is 10.1. The van der Waals surface area contributed by atoms with Crippen LogP contribution in [0.1, 0.15) is 5.69 Å². The Kier molecular flexibility index (Phi) is 4.06. The van der Waals surface area contributed by atoms with Crippen LogP contribution in [0.15, 0.2) is 41.7 Å². The molecular weight excluding hydrogens is 378 g/mol. The maximum Gasteiger partial charge on any atom is 0.282 e. The maximum atomic E-state index is 15.0. The summed E-state index contributed by atoms with van der Waals surface area (Å²) in [6.45, 7) is 4.53. The van der Waals surface area contributed by atoms with Crippen molar-refractivity contribution in [1.82, 2.24) is 24.4 Å². The minimum atomic E-state index is -0.679. The van der Waals surface area contributed by atoms with Crippen LogP contribution in [0.3, 0.4) is 0 Å². The molecule has 1 aromatic carbocycles. The molecule has 3 aromatic heterocycles. The maximum absolute atomic E-state index is 15.0. The van der Waals surface area contributed by atoms with Gasteiger partial charge in [0, 0.05) is 44.1 Å². The summed E-state index contributed by atoms with van der Waals surface area (Å²) in [6.07, 6.45) is 4.80.